The summed E-state index contributed by atoms with van der Waals surface area (Å²) < 4.78 is 15.1. The van der Waals surface area contributed by atoms with Crippen LogP contribution in [-0.4, -0.2) is 52.6 Å². The van der Waals surface area contributed by atoms with E-state index in [1.54, 1.807) is 0 Å². The summed E-state index contributed by atoms with van der Waals surface area (Å²) in [6, 6.07) is 0. The molecule has 1 N–H and O–H groups in total. The fourth-order valence-corrected chi connectivity index (χ4v) is 0.911. The zero-order chi connectivity index (χ0) is 13.4. The number of nitrogens with one attached hydrogen (secondary N) is 1. The Hall–Kier alpha value is -0.650. The molecular formula is C12H27NO4. The Morgan fingerprint density at radius 1 is 1.06 bits per heavy atom. The molecule has 0 unspecified atom stereocenters. The molecule has 0 fully saturated rings. The van der Waals surface area contributed by atoms with Crippen molar-refractivity contribution in [1.82, 2.24) is 5.32 Å². The van der Waals surface area contributed by atoms with E-state index in [9.17, 15) is 4.79 Å². The Balaban J connectivity index is 0. The normalized spacial score (nSPS) is 9.41. The van der Waals surface area contributed by atoms with E-state index in [0.717, 1.165) is 13.0 Å². The average Bonchev–Trinajstić information content (AvgIpc) is 2.35. The lowest BCUT2D eigenvalue weighted by atomic mass is 10.5. The van der Waals surface area contributed by atoms with Gasteiger partial charge in [0.1, 0.15) is 6.61 Å². The summed E-state index contributed by atoms with van der Waals surface area (Å²) in [4.78, 5) is 10.9. The van der Waals surface area contributed by atoms with E-state index in [2.05, 4.69) is 17.0 Å². The standard InChI is InChI=1S/C10H21NO4.C2H6/c1-3-5-14-7-8-15-6-4-11-10(12)9-13-2;1-2/h3-9H2,1-2H3,(H,11,12);1-2H3. The summed E-state index contributed by atoms with van der Waals surface area (Å²) in [6.45, 7) is 9.13. The van der Waals surface area contributed by atoms with E-state index in [0.29, 0.717) is 26.4 Å². The fraction of sp³-hybridized carbons (Fsp3) is 0.917. The van der Waals surface area contributed by atoms with Crippen LogP contribution in [0, 0.1) is 0 Å². The number of hydrogen-bond donors (Lipinski definition) is 1. The van der Waals surface area contributed by atoms with Gasteiger partial charge in [0.25, 0.3) is 0 Å². The Bertz CT molecular complexity index is 153. The lowest BCUT2D eigenvalue weighted by molar-refractivity contribution is -0.124. The van der Waals surface area contributed by atoms with Crippen LogP contribution in [0.4, 0.5) is 0 Å². The van der Waals surface area contributed by atoms with Gasteiger partial charge in [0.2, 0.25) is 5.91 Å². The molecule has 0 aliphatic heterocycles. The lowest BCUT2D eigenvalue weighted by Gasteiger charge is -2.06. The van der Waals surface area contributed by atoms with E-state index in [1.165, 1.54) is 7.11 Å². The van der Waals surface area contributed by atoms with Gasteiger partial charge in [-0.1, -0.05) is 20.8 Å². The monoisotopic (exact) mass is 249 g/mol. The van der Waals surface area contributed by atoms with E-state index in [-0.39, 0.29) is 12.5 Å². The second kappa shape index (κ2) is 17.7. The molecule has 1 amide bonds. The van der Waals surface area contributed by atoms with Gasteiger partial charge < -0.3 is 19.5 Å². The number of carbonyl (C=O) groups is 1. The average molecular weight is 249 g/mol. The van der Waals surface area contributed by atoms with Gasteiger partial charge in [-0.05, 0) is 6.42 Å². The van der Waals surface area contributed by atoms with Gasteiger partial charge >= 0.3 is 0 Å². The summed E-state index contributed by atoms with van der Waals surface area (Å²) in [5.41, 5.74) is 0. The number of methoxy groups -OCH3 is 1. The van der Waals surface area contributed by atoms with Crippen LogP contribution in [0.15, 0.2) is 0 Å². The zero-order valence-corrected chi connectivity index (χ0v) is 11.6. The van der Waals surface area contributed by atoms with Crippen LogP contribution < -0.4 is 5.32 Å². The molecule has 0 heterocycles. The van der Waals surface area contributed by atoms with Gasteiger partial charge in [0.15, 0.2) is 0 Å². The quantitative estimate of drug-likeness (QED) is 0.591. The first-order valence-corrected chi connectivity index (χ1v) is 6.22. The molecule has 0 aromatic carbocycles. The predicted molar refractivity (Wildman–Crippen MR) is 68.2 cm³/mol. The van der Waals surface area contributed by atoms with Crippen LogP contribution in [0.2, 0.25) is 0 Å². The molecule has 104 valence electrons. The largest absolute Gasteiger partial charge is 0.379 e. The molecule has 17 heavy (non-hydrogen) atoms. The minimum Gasteiger partial charge on any atom is -0.379 e. The van der Waals surface area contributed by atoms with Gasteiger partial charge in [-0.2, -0.15) is 0 Å². The van der Waals surface area contributed by atoms with Gasteiger partial charge in [-0.3, -0.25) is 4.79 Å². The maximum absolute atomic E-state index is 10.9. The molecule has 0 aromatic heterocycles. The topological polar surface area (TPSA) is 56.8 Å². The van der Waals surface area contributed by atoms with E-state index >= 15 is 0 Å². The molecule has 0 bridgehead atoms. The Morgan fingerprint density at radius 2 is 1.65 bits per heavy atom. The highest BCUT2D eigenvalue weighted by Gasteiger charge is 1.97. The van der Waals surface area contributed by atoms with Gasteiger partial charge in [-0.25, -0.2) is 0 Å². The van der Waals surface area contributed by atoms with Crippen molar-refractivity contribution in [3.05, 3.63) is 0 Å². The molecule has 5 nitrogen and oxygen atoms in total. The third-order valence-electron chi connectivity index (χ3n) is 1.56. The van der Waals surface area contributed by atoms with Crippen LogP contribution in [0.25, 0.3) is 0 Å². The van der Waals surface area contributed by atoms with E-state index < -0.39 is 0 Å². The summed E-state index contributed by atoms with van der Waals surface area (Å²) in [7, 11) is 1.49. The number of rotatable bonds is 10. The van der Waals surface area contributed by atoms with Crippen LogP contribution in [0.5, 0.6) is 0 Å². The minimum absolute atomic E-state index is 0.0968. The maximum atomic E-state index is 10.9. The first kappa shape index (κ1) is 18.7. The lowest BCUT2D eigenvalue weighted by Crippen LogP contribution is -2.30. The Morgan fingerprint density at radius 3 is 2.18 bits per heavy atom. The van der Waals surface area contributed by atoms with Crippen LogP contribution in [-0.2, 0) is 19.0 Å². The molecule has 0 aromatic rings. The number of amides is 1. The predicted octanol–water partition coefficient (Wildman–Crippen LogP) is 1.22. The smallest absolute Gasteiger partial charge is 0.246 e. The van der Waals surface area contributed by atoms with Crippen molar-refractivity contribution in [3.8, 4) is 0 Å². The number of hydrogen-bond acceptors (Lipinski definition) is 4. The summed E-state index contributed by atoms with van der Waals surface area (Å²) in [6.07, 6.45) is 1.02. The third-order valence-corrected chi connectivity index (χ3v) is 1.56. The zero-order valence-electron chi connectivity index (χ0n) is 11.6. The molecule has 0 saturated heterocycles. The Labute approximate surface area is 105 Å². The van der Waals surface area contributed by atoms with Gasteiger partial charge in [0, 0.05) is 20.3 Å². The third kappa shape index (κ3) is 17.9. The molecule has 0 aliphatic rings. The minimum atomic E-state index is -0.122. The van der Waals surface area contributed by atoms with Crippen LogP contribution in [0.1, 0.15) is 27.2 Å². The molecular weight excluding hydrogens is 222 g/mol. The number of ether oxygens (including phenoxy) is 3. The highest BCUT2D eigenvalue weighted by Crippen LogP contribution is 1.81. The van der Waals surface area contributed by atoms with E-state index in [1.807, 2.05) is 13.8 Å². The fourth-order valence-electron chi connectivity index (χ4n) is 0.911. The molecule has 0 radical (unpaired) electrons. The molecule has 0 aliphatic carbocycles. The van der Waals surface area contributed by atoms with E-state index in [4.69, 9.17) is 9.47 Å². The highest BCUT2D eigenvalue weighted by atomic mass is 16.5. The Kier molecular flexibility index (Phi) is 19.5. The van der Waals surface area contributed by atoms with Crippen molar-refractivity contribution in [3.63, 3.8) is 0 Å². The van der Waals surface area contributed by atoms with Gasteiger partial charge in [0.05, 0.1) is 19.8 Å². The second-order valence-electron chi connectivity index (χ2n) is 3.01. The molecule has 0 rings (SSSR count). The summed E-state index contributed by atoms with van der Waals surface area (Å²) in [5, 5.41) is 2.66. The molecule has 5 heteroatoms. The second-order valence-corrected chi connectivity index (χ2v) is 3.01. The van der Waals surface area contributed by atoms with Crippen molar-refractivity contribution in [1.29, 1.82) is 0 Å². The molecule has 0 spiro atoms. The van der Waals surface area contributed by atoms with Crippen molar-refractivity contribution >= 4 is 5.91 Å². The first-order valence-electron chi connectivity index (χ1n) is 6.22. The van der Waals surface area contributed by atoms with Crippen molar-refractivity contribution in [2.24, 2.45) is 0 Å². The highest BCUT2D eigenvalue weighted by molar-refractivity contribution is 5.77. The molecule has 0 saturated carbocycles. The summed E-state index contributed by atoms with van der Waals surface area (Å²) in [5.74, 6) is -0.122. The van der Waals surface area contributed by atoms with Crippen LogP contribution >= 0.6 is 0 Å². The van der Waals surface area contributed by atoms with Crippen molar-refractivity contribution in [2.45, 2.75) is 27.2 Å². The summed E-state index contributed by atoms with van der Waals surface area (Å²) >= 11 is 0. The molecule has 0 atom stereocenters. The van der Waals surface area contributed by atoms with Gasteiger partial charge in [-0.15, -0.1) is 0 Å². The number of carbonyl (C=O) groups excluding carboxylic acids is 1. The van der Waals surface area contributed by atoms with Crippen molar-refractivity contribution < 1.29 is 19.0 Å². The first-order chi connectivity index (χ1) is 8.31. The maximum Gasteiger partial charge on any atom is 0.246 e. The van der Waals surface area contributed by atoms with Crippen molar-refractivity contribution in [2.75, 3.05) is 46.7 Å². The SMILES string of the molecule is CC.CCCOCCOCCNC(=O)COC. The van der Waals surface area contributed by atoms with Crippen LogP contribution in [0.3, 0.4) is 0 Å².